The number of aromatic nitrogens is 1. The molecule has 2 rings (SSSR count). The summed E-state index contributed by atoms with van der Waals surface area (Å²) >= 11 is 1.64. The van der Waals surface area contributed by atoms with Gasteiger partial charge in [-0.3, -0.25) is 4.79 Å². The number of nitrogens with one attached hydrogen (secondary N) is 1. The Morgan fingerprint density at radius 2 is 2.11 bits per heavy atom. The summed E-state index contributed by atoms with van der Waals surface area (Å²) in [5.74, 6) is 0.451. The smallest absolute Gasteiger partial charge is 0.223 e. The lowest BCUT2D eigenvalue weighted by molar-refractivity contribution is -0.124. The van der Waals surface area contributed by atoms with Gasteiger partial charge in [0.2, 0.25) is 5.91 Å². The third-order valence-electron chi connectivity index (χ3n) is 3.46. The third kappa shape index (κ3) is 3.31. The van der Waals surface area contributed by atoms with E-state index in [-0.39, 0.29) is 17.2 Å². The summed E-state index contributed by atoms with van der Waals surface area (Å²) in [6.07, 6.45) is 4.50. The van der Waals surface area contributed by atoms with Crippen molar-refractivity contribution in [2.75, 3.05) is 0 Å². The summed E-state index contributed by atoms with van der Waals surface area (Å²) < 4.78 is 0. The molecule has 0 bridgehead atoms. The fraction of sp³-hybridized carbons (Fsp3) is 0.714. The molecule has 18 heavy (non-hydrogen) atoms. The van der Waals surface area contributed by atoms with Crippen LogP contribution in [0.2, 0.25) is 0 Å². The van der Waals surface area contributed by atoms with Crippen molar-refractivity contribution >= 4 is 17.2 Å². The van der Waals surface area contributed by atoms with Crippen molar-refractivity contribution in [3.8, 4) is 0 Å². The Labute approximate surface area is 113 Å². The molecule has 1 saturated carbocycles. The Bertz CT molecular complexity index is 414. The SMILES string of the molecule is CC(C)(C)c1csc(CNC(=O)C2CCCC2)n1. The van der Waals surface area contributed by atoms with Crippen molar-refractivity contribution in [2.45, 2.75) is 58.4 Å². The van der Waals surface area contributed by atoms with E-state index < -0.39 is 0 Å². The summed E-state index contributed by atoms with van der Waals surface area (Å²) in [5.41, 5.74) is 1.20. The number of rotatable bonds is 3. The first-order chi connectivity index (χ1) is 8.47. The Morgan fingerprint density at radius 3 is 2.67 bits per heavy atom. The molecular weight excluding hydrogens is 244 g/mol. The van der Waals surface area contributed by atoms with Crippen molar-refractivity contribution in [3.63, 3.8) is 0 Å². The topological polar surface area (TPSA) is 42.0 Å². The van der Waals surface area contributed by atoms with Crippen LogP contribution >= 0.6 is 11.3 Å². The highest BCUT2D eigenvalue weighted by atomic mass is 32.1. The van der Waals surface area contributed by atoms with Gasteiger partial charge in [-0.05, 0) is 12.8 Å². The molecule has 3 nitrogen and oxygen atoms in total. The minimum absolute atomic E-state index is 0.0875. The van der Waals surface area contributed by atoms with Crippen LogP contribution in [-0.2, 0) is 16.8 Å². The van der Waals surface area contributed by atoms with Crippen LogP contribution in [0.25, 0.3) is 0 Å². The first-order valence-electron chi connectivity index (χ1n) is 6.69. The maximum atomic E-state index is 11.9. The quantitative estimate of drug-likeness (QED) is 0.912. The summed E-state index contributed by atoms with van der Waals surface area (Å²) in [6, 6.07) is 0. The molecule has 0 radical (unpaired) electrons. The van der Waals surface area contributed by atoms with E-state index in [4.69, 9.17) is 0 Å². The molecule has 100 valence electrons. The molecule has 1 aliphatic carbocycles. The van der Waals surface area contributed by atoms with Crippen LogP contribution in [0, 0.1) is 5.92 Å². The summed E-state index contributed by atoms with van der Waals surface area (Å²) in [4.78, 5) is 16.5. The minimum atomic E-state index is 0.0875. The number of hydrogen-bond donors (Lipinski definition) is 1. The second kappa shape index (κ2) is 5.39. The lowest BCUT2D eigenvalue weighted by Crippen LogP contribution is -2.28. The van der Waals surface area contributed by atoms with Gasteiger partial charge in [-0.15, -0.1) is 11.3 Å². The summed E-state index contributed by atoms with van der Waals surface area (Å²) in [6.45, 7) is 7.05. The molecule has 1 aromatic rings. The van der Waals surface area contributed by atoms with Gasteiger partial charge in [0.15, 0.2) is 0 Å². The number of carbonyl (C=O) groups is 1. The number of amides is 1. The second-order valence-corrected chi connectivity index (χ2v) is 7.02. The van der Waals surface area contributed by atoms with Gasteiger partial charge in [0.1, 0.15) is 5.01 Å². The van der Waals surface area contributed by atoms with Gasteiger partial charge in [-0.25, -0.2) is 4.98 Å². The largest absolute Gasteiger partial charge is 0.349 e. The van der Waals surface area contributed by atoms with Gasteiger partial charge in [-0.1, -0.05) is 33.6 Å². The van der Waals surface area contributed by atoms with Crippen LogP contribution in [0.3, 0.4) is 0 Å². The molecule has 4 heteroatoms. The van der Waals surface area contributed by atoms with E-state index in [2.05, 4.69) is 36.5 Å². The highest BCUT2D eigenvalue weighted by Crippen LogP contribution is 2.26. The molecule has 1 fully saturated rings. The van der Waals surface area contributed by atoms with Crippen LogP contribution in [0.1, 0.15) is 57.2 Å². The average molecular weight is 266 g/mol. The van der Waals surface area contributed by atoms with Crippen LogP contribution in [0.4, 0.5) is 0 Å². The van der Waals surface area contributed by atoms with Crippen molar-refractivity contribution in [1.29, 1.82) is 0 Å². The fourth-order valence-electron chi connectivity index (χ4n) is 2.23. The molecule has 0 spiro atoms. The molecule has 0 aliphatic heterocycles. The highest BCUT2D eigenvalue weighted by Gasteiger charge is 2.23. The molecular formula is C14H22N2OS. The first-order valence-corrected chi connectivity index (χ1v) is 7.57. The van der Waals surface area contributed by atoms with Crippen molar-refractivity contribution in [2.24, 2.45) is 5.92 Å². The zero-order valence-corrected chi connectivity index (χ0v) is 12.3. The normalized spacial score (nSPS) is 17.1. The van der Waals surface area contributed by atoms with E-state index in [9.17, 15) is 4.79 Å². The first kappa shape index (κ1) is 13.5. The van der Waals surface area contributed by atoms with E-state index >= 15 is 0 Å². The number of nitrogens with zero attached hydrogens (tertiary/aromatic N) is 1. The minimum Gasteiger partial charge on any atom is -0.349 e. The molecule has 1 amide bonds. The van der Waals surface area contributed by atoms with E-state index in [1.807, 2.05) is 0 Å². The zero-order valence-electron chi connectivity index (χ0n) is 11.5. The summed E-state index contributed by atoms with van der Waals surface area (Å²) in [5, 5.41) is 6.11. The number of hydrogen-bond acceptors (Lipinski definition) is 3. The Hall–Kier alpha value is -0.900. The second-order valence-electron chi connectivity index (χ2n) is 6.08. The van der Waals surface area contributed by atoms with Crippen LogP contribution in [0.15, 0.2) is 5.38 Å². The molecule has 0 aromatic carbocycles. The van der Waals surface area contributed by atoms with Crippen molar-refractivity contribution in [1.82, 2.24) is 10.3 Å². The average Bonchev–Trinajstić information content (AvgIpc) is 2.96. The molecule has 1 aromatic heterocycles. The summed E-state index contributed by atoms with van der Waals surface area (Å²) in [7, 11) is 0. The molecule has 0 unspecified atom stereocenters. The molecule has 0 saturated heterocycles. The van der Waals surface area contributed by atoms with Gasteiger partial charge >= 0.3 is 0 Å². The lowest BCUT2D eigenvalue weighted by atomic mass is 9.93. The predicted molar refractivity (Wildman–Crippen MR) is 74.6 cm³/mol. The van der Waals surface area contributed by atoms with Crippen molar-refractivity contribution in [3.05, 3.63) is 16.1 Å². The van der Waals surface area contributed by atoms with E-state index in [1.165, 1.54) is 12.8 Å². The van der Waals surface area contributed by atoms with Gasteiger partial charge in [0.05, 0.1) is 12.2 Å². The maximum Gasteiger partial charge on any atom is 0.223 e. The predicted octanol–water partition coefficient (Wildman–Crippen LogP) is 3.25. The van der Waals surface area contributed by atoms with Gasteiger partial charge in [0.25, 0.3) is 0 Å². The maximum absolute atomic E-state index is 11.9. The van der Waals surface area contributed by atoms with E-state index in [0.29, 0.717) is 6.54 Å². The standard InChI is InChI=1S/C14H22N2OS/c1-14(2,3)11-9-18-12(16-11)8-15-13(17)10-6-4-5-7-10/h9-10H,4-8H2,1-3H3,(H,15,17). The Kier molecular flexibility index (Phi) is 4.05. The van der Waals surface area contributed by atoms with E-state index in [0.717, 1.165) is 23.5 Å². The fourth-order valence-corrected chi connectivity index (χ4v) is 3.19. The molecule has 1 heterocycles. The highest BCUT2D eigenvalue weighted by molar-refractivity contribution is 7.09. The number of thiazole rings is 1. The molecule has 1 N–H and O–H groups in total. The van der Waals surface area contributed by atoms with Gasteiger partial charge in [0, 0.05) is 16.7 Å². The monoisotopic (exact) mass is 266 g/mol. The lowest BCUT2D eigenvalue weighted by Gasteiger charge is -2.14. The Balaban J connectivity index is 1.86. The van der Waals surface area contributed by atoms with Crippen LogP contribution in [-0.4, -0.2) is 10.9 Å². The van der Waals surface area contributed by atoms with Crippen LogP contribution in [0.5, 0.6) is 0 Å². The Morgan fingerprint density at radius 1 is 1.44 bits per heavy atom. The van der Waals surface area contributed by atoms with Gasteiger partial charge < -0.3 is 5.32 Å². The van der Waals surface area contributed by atoms with Crippen molar-refractivity contribution < 1.29 is 4.79 Å². The molecule has 0 atom stereocenters. The van der Waals surface area contributed by atoms with E-state index in [1.54, 1.807) is 11.3 Å². The van der Waals surface area contributed by atoms with Crippen LogP contribution < -0.4 is 5.32 Å². The molecule has 1 aliphatic rings. The number of carbonyl (C=O) groups excluding carboxylic acids is 1. The zero-order chi connectivity index (χ0) is 13.2. The third-order valence-corrected chi connectivity index (χ3v) is 4.31. The van der Waals surface area contributed by atoms with Gasteiger partial charge in [-0.2, -0.15) is 0 Å².